The van der Waals surface area contributed by atoms with E-state index in [9.17, 15) is 9.90 Å². The maximum Gasteiger partial charge on any atom is 0.309 e. The molecule has 22 heavy (non-hydrogen) atoms. The Balaban J connectivity index is 2.62. The molecule has 0 aliphatic heterocycles. The van der Waals surface area contributed by atoms with Gasteiger partial charge in [-0.1, -0.05) is 51.1 Å². The lowest BCUT2D eigenvalue weighted by Crippen LogP contribution is -2.24. The molecule has 3 nitrogen and oxygen atoms in total. The molecular weight excluding hydrogens is 300 g/mol. The molecule has 0 fully saturated rings. The Morgan fingerprint density at radius 1 is 1.36 bits per heavy atom. The molecule has 124 valence electrons. The summed E-state index contributed by atoms with van der Waals surface area (Å²) in [6.07, 6.45) is 5.09. The number of ether oxygens (including phenoxy) is 1. The Labute approximate surface area is 138 Å². The minimum atomic E-state index is -0.776. The van der Waals surface area contributed by atoms with E-state index in [-0.39, 0.29) is 6.61 Å². The van der Waals surface area contributed by atoms with E-state index in [1.165, 1.54) is 0 Å². The Bertz CT molecular complexity index is 473. The van der Waals surface area contributed by atoms with Crippen LogP contribution in [-0.4, -0.2) is 17.7 Å². The maximum atomic E-state index is 11.5. The zero-order valence-electron chi connectivity index (χ0n) is 13.8. The van der Waals surface area contributed by atoms with Gasteiger partial charge < -0.3 is 9.84 Å². The SMILES string of the molecule is CCCCC(CC)CC(COc1ccc(Cl)cc1C)C(=O)O. The summed E-state index contributed by atoms with van der Waals surface area (Å²) >= 11 is 5.92. The van der Waals surface area contributed by atoms with Gasteiger partial charge in [0.05, 0.1) is 5.92 Å². The summed E-state index contributed by atoms with van der Waals surface area (Å²) in [5, 5.41) is 10.1. The summed E-state index contributed by atoms with van der Waals surface area (Å²) < 4.78 is 5.73. The van der Waals surface area contributed by atoms with Gasteiger partial charge in [-0.15, -0.1) is 0 Å². The van der Waals surface area contributed by atoms with Gasteiger partial charge in [-0.25, -0.2) is 0 Å². The van der Waals surface area contributed by atoms with Gasteiger partial charge in [-0.2, -0.15) is 0 Å². The summed E-state index contributed by atoms with van der Waals surface area (Å²) in [5.74, 6) is -0.0772. The molecule has 0 heterocycles. The lowest BCUT2D eigenvalue weighted by atomic mass is 9.89. The third-order valence-electron chi connectivity index (χ3n) is 4.09. The zero-order valence-corrected chi connectivity index (χ0v) is 14.5. The number of carboxylic acid groups (broad SMARTS) is 1. The third kappa shape index (κ3) is 6.27. The van der Waals surface area contributed by atoms with E-state index in [4.69, 9.17) is 16.3 Å². The van der Waals surface area contributed by atoms with Crippen LogP contribution in [0.4, 0.5) is 0 Å². The van der Waals surface area contributed by atoms with E-state index in [1.54, 1.807) is 12.1 Å². The molecule has 2 unspecified atom stereocenters. The number of aryl methyl sites for hydroxylation is 1. The Hall–Kier alpha value is -1.22. The highest BCUT2D eigenvalue weighted by Gasteiger charge is 2.22. The Morgan fingerprint density at radius 2 is 2.09 bits per heavy atom. The van der Waals surface area contributed by atoms with Crippen LogP contribution in [0.2, 0.25) is 5.02 Å². The molecule has 0 aliphatic rings. The fourth-order valence-corrected chi connectivity index (χ4v) is 2.82. The second-order valence-corrected chi connectivity index (χ2v) is 6.34. The number of halogens is 1. The normalized spacial score (nSPS) is 13.6. The summed E-state index contributed by atoms with van der Waals surface area (Å²) in [5.41, 5.74) is 0.926. The number of carbonyl (C=O) groups is 1. The molecule has 1 N–H and O–H groups in total. The maximum absolute atomic E-state index is 11.5. The summed E-state index contributed by atoms with van der Waals surface area (Å²) in [4.78, 5) is 11.5. The minimum absolute atomic E-state index is 0.209. The van der Waals surface area contributed by atoms with Crippen LogP contribution in [-0.2, 0) is 4.79 Å². The largest absolute Gasteiger partial charge is 0.492 e. The van der Waals surface area contributed by atoms with Crippen LogP contribution in [0, 0.1) is 18.8 Å². The topological polar surface area (TPSA) is 46.5 Å². The smallest absolute Gasteiger partial charge is 0.309 e. The van der Waals surface area contributed by atoms with E-state index >= 15 is 0 Å². The fraction of sp³-hybridized carbons (Fsp3) is 0.611. The molecule has 0 bridgehead atoms. The first-order valence-electron chi connectivity index (χ1n) is 8.09. The average Bonchev–Trinajstić information content (AvgIpc) is 2.48. The number of hydrogen-bond donors (Lipinski definition) is 1. The minimum Gasteiger partial charge on any atom is -0.492 e. The van der Waals surface area contributed by atoms with Crippen molar-refractivity contribution in [2.45, 2.75) is 52.9 Å². The predicted octanol–water partition coefficient (Wildman–Crippen LogP) is 5.33. The van der Waals surface area contributed by atoms with Crippen LogP contribution in [0.3, 0.4) is 0 Å². The van der Waals surface area contributed by atoms with E-state index in [0.717, 1.165) is 31.2 Å². The van der Waals surface area contributed by atoms with Crippen molar-refractivity contribution in [1.29, 1.82) is 0 Å². The molecule has 2 atom stereocenters. The highest BCUT2D eigenvalue weighted by molar-refractivity contribution is 6.30. The lowest BCUT2D eigenvalue weighted by Gasteiger charge is -2.20. The molecule has 0 saturated carbocycles. The van der Waals surface area contributed by atoms with E-state index in [2.05, 4.69) is 13.8 Å². The van der Waals surface area contributed by atoms with Gasteiger partial charge in [-0.3, -0.25) is 4.79 Å². The molecule has 0 spiro atoms. The van der Waals surface area contributed by atoms with Gasteiger partial charge >= 0.3 is 5.97 Å². The summed E-state index contributed by atoms with van der Waals surface area (Å²) in [7, 11) is 0. The van der Waals surface area contributed by atoms with Gasteiger partial charge in [0.1, 0.15) is 12.4 Å². The van der Waals surface area contributed by atoms with Crippen molar-refractivity contribution in [3.8, 4) is 5.75 Å². The number of hydrogen-bond acceptors (Lipinski definition) is 2. The summed E-state index contributed by atoms with van der Waals surface area (Å²) in [6.45, 7) is 6.41. The van der Waals surface area contributed by atoms with Crippen molar-refractivity contribution >= 4 is 17.6 Å². The number of carboxylic acids is 1. The van der Waals surface area contributed by atoms with E-state index in [1.807, 2.05) is 13.0 Å². The quantitative estimate of drug-likeness (QED) is 0.631. The van der Waals surface area contributed by atoms with Gasteiger partial charge in [-0.05, 0) is 43.0 Å². The Kier molecular flexibility index (Phi) is 8.32. The van der Waals surface area contributed by atoms with Crippen molar-refractivity contribution in [1.82, 2.24) is 0 Å². The van der Waals surface area contributed by atoms with Crippen LogP contribution in [0.5, 0.6) is 5.75 Å². The molecule has 0 radical (unpaired) electrons. The summed E-state index contributed by atoms with van der Waals surface area (Å²) in [6, 6.07) is 5.38. The van der Waals surface area contributed by atoms with Crippen LogP contribution < -0.4 is 4.74 Å². The Morgan fingerprint density at radius 3 is 2.64 bits per heavy atom. The van der Waals surface area contributed by atoms with Gasteiger partial charge in [0.2, 0.25) is 0 Å². The second-order valence-electron chi connectivity index (χ2n) is 5.91. The van der Waals surface area contributed by atoms with Crippen LogP contribution in [0.25, 0.3) is 0 Å². The number of rotatable bonds is 10. The number of unbranched alkanes of at least 4 members (excludes halogenated alkanes) is 1. The molecule has 0 saturated heterocycles. The first-order chi connectivity index (χ1) is 10.5. The van der Waals surface area contributed by atoms with Crippen molar-refractivity contribution in [3.63, 3.8) is 0 Å². The van der Waals surface area contributed by atoms with Crippen LogP contribution >= 0.6 is 11.6 Å². The van der Waals surface area contributed by atoms with Crippen LogP contribution in [0.1, 0.15) is 51.5 Å². The van der Waals surface area contributed by atoms with E-state index in [0.29, 0.717) is 23.1 Å². The van der Waals surface area contributed by atoms with Crippen molar-refractivity contribution in [2.75, 3.05) is 6.61 Å². The van der Waals surface area contributed by atoms with Gasteiger partial charge in [0.15, 0.2) is 0 Å². The van der Waals surface area contributed by atoms with Crippen molar-refractivity contribution < 1.29 is 14.6 Å². The molecule has 0 aromatic heterocycles. The van der Waals surface area contributed by atoms with Gasteiger partial charge in [0.25, 0.3) is 0 Å². The van der Waals surface area contributed by atoms with Crippen molar-refractivity contribution in [2.24, 2.45) is 11.8 Å². The molecule has 0 amide bonds. The highest BCUT2D eigenvalue weighted by Crippen LogP contribution is 2.25. The predicted molar refractivity (Wildman–Crippen MR) is 90.7 cm³/mol. The molecule has 0 aliphatic carbocycles. The standard InChI is InChI=1S/C18H27ClO3/c1-4-6-7-14(5-2)11-15(18(20)21)12-22-17-9-8-16(19)10-13(17)3/h8-10,14-15H,4-7,11-12H2,1-3H3,(H,20,21). The van der Waals surface area contributed by atoms with Crippen LogP contribution in [0.15, 0.2) is 18.2 Å². The molecule has 4 heteroatoms. The average molecular weight is 327 g/mol. The zero-order chi connectivity index (χ0) is 16.5. The highest BCUT2D eigenvalue weighted by atomic mass is 35.5. The third-order valence-corrected chi connectivity index (χ3v) is 4.32. The first kappa shape index (κ1) is 18.8. The molecule has 1 aromatic carbocycles. The van der Waals surface area contributed by atoms with Crippen molar-refractivity contribution in [3.05, 3.63) is 28.8 Å². The monoisotopic (exact) mass is 326 g/mol. The molecule has 1 aromatic rings. The lowest BCUT2D eigenvalue weighted by molar-refractivity contribution is -0.143. The number of benzene rings is 1. The molecular formula is C18H27ClO3. The number of aliphatic carboxylic acids is 1. The second kappa shape index (κ2) is 9.73. The van der Waals surface area contributed by atoms with Gasteiger partial charge in [0, 0.05) is 5.02 Å². The molecule has 1 rings (SSSR count). The first-order valence-corrected chi connectivity index (χ1v) is 8.47. The van der Waals surface area contributed by atoms with E-state index < -0.39 is 11.9 Å². The fourth-order valence-electron chi connectivity index (χ4n) is 2.59.